The molecule has 3 aromatic rings. The second-order valence-corrected chi connectivity index (χ2v) is 7.50. The fourth-order valence-corrected chi connectivity index (χ4v) is 3.85. The number of nitrogens with zero attached hydrogens (tertiary/aromatic N) is 2. The van der Waals surface area contributed by atoms with Gasteiger partial charge in [0.2, 0.25) is 5.43 Å². The van der Waals surface area contributed by atoms with Gasteiger partial charge in [-0.25, -0.2) is 4.79 Å². The van der Waals surface area contributed by atoms with Crippen LogP contribution in [0.2, 0.25) is 10.0 Å². The molecule has 0 aliphatic carbocycles. The van der Waals surface area contributed by atoms with Crippen molar-refractivity contribution in [3.8, 4) is 22.4 Å². The second kappa shape index (κ2) is 8.91. The highest BCUT2D eigenvalue weighted by Gasteiger charge is 2.26. The van der Waals surface area contributed by atoms with Crippen LogP contribution in [0.15, 0.2) is 47.3 Å². The Kier molecular flexibility index (Phi) is 6.48. The molecule has 0 aliphatic rings. The summed E-state index contributed by atoms with van der Waals surface area (Å²) in [6.07, 6.45) is 0. The number of benzene rings is 2. The SMILES string of the molecule is CCn1c(C)c(-c2ccc([N+](=O)[O-])cc2)c(=O)c(C(=O)OC)c1-c1ccc(Cl)c(Cl)c1. The minimum Gasteiger partial charge on any atom is -0.465 e. The predicted octanol–water partition coefficient (Wildman–Crippen LogP) is 5.51. The van der Waals surface area contributed by atoms with E-state index in [1.165, 1.54) is 31.4 Å². The fourth-order valence-electron chi connectivity index (χ4n) is 3.55. The van der Waals surface area contributed by atoms with Crippen LogP contribution in [-0.4, -0.2) is 22.6 Å². The van der Waals surface area contributed by atoms with E-state index in [0.29, 0.717) is 34.1 Å². The van der Waals surface area contributed by atoms with Crippen molar-refractivity contribution in [2.45, 2.75) is 20.4 Å². The van der Waals surface area contributed by atoms with Gasteiger partial charge in [0.05, 0.1) is 27.8 Å². The summed E-state index contributed by atoms with van der Waals surface area (Å²) in [6, 6.07) is 10.5. The molecule has 160 valence electrons. The molecule has 0 N–H and O–H groups in total. The van der Waals surface area contributed by atoms with Gasteiger partial charge in [0.1, 0.15) is 5.56 Å². The Labute approximate surface area is 187 Å². The number of carbonyl (C=O) groups excluding carboxylic acids is 1. The topological polar surface area (TPSA) is 91.4 Å². The average molecular weight is 461 g/mol. The Bertz CT molecular complexity index is 1250. The number of rotatable bonds is 5. The number of non-ortho nitro benzene ring substituents is 1. The van der Waals surface area contributed by atoms with Crippen LogP contribution in [-0.2, 0) is 11.3 Å². The number of aromatic nitrogens is 1. The lowest BCUT2D eigenvalue weighted by Crippen LogP contribution is -2.26. The van der Waals surface area contributed by atoms with Gasteiger partial charge in [0.25, 0.3) is 5.69 Å². The third-order valence-corrected chi connectivity index (χ3v) is 5.73. The summed E-state index contributed by atoms with van der Waals surface area (Å²) in [7, 11) is 1.20. The van der Waals surface area contributed by atoms with E-state index >= 15 is 0 Å². The molecule has 0 saturated heterocycles. The summed E-state index contributed by atoms with van der Waals surface area (Å²) in [5.41, 5.74) is 1.42. The van der Waals surface area contributed by atoms with E-state index in [1.807, 2.05) is 11.5 Å². The molecule has 1 aromatic heterocycles. The average Bonchev–Trinajstić information content (AvgIpc) is 2.75. The van der Waals surface area contributed by atoms with Crippen LogP contribution in [0.1, 0.15) is 23.0 Å². The van der Waals surface area contributed by atoms with Crippen molar-refractivity contribution in [2.75, 3.05) is 7.11 Å². The first-order valence-electron chi connectivity index (χ1n) is 9.27. The molecule has 7 nitrogen and oxygen atoms in total. The first-order chi connectivity index (χ1) is 14.7. The molecule has 9 heteroatoms. The summed E-state index contributed by atoms with van der Waals surface area (Å²) in [5.74, 6) is -0.795. The lowest BCUT2D eigenvalue weighted by Gasteiger charge is -2.22. The van der Waals surface area contributed by atoms with Crippen molar-refractivity contribution in [1.29, 1.82) is 0 Å². The molecule has 0 saturated carbocycles. The minimum atomic E-state index is -0.795. The maximum atomic E-state index is 13.5. The van der Waals surface area contributed by atoms with Crippen LogP contribution >= 0.6 is 23.2 Å². The molecule has 1 heterocycles. The Morgan fingerprint density at radius 3 is 2.23 bits per heavy atom. The monoisotopic (exact) mass is 460 g/mol. The normalized spacial score (nSPS) is 10.7. The van der Waals surface area contributed by atoms with E-state index in [0.717, 1.165) is 0 Å². The number of nitro groups is 1. The number of nitro benzene ring substituents is 1. The lowest BCUT2D eigenvalue weighted by molar-refractivity contribution is -0.384. The summed E-state index contributed by atoms with van der Waals surface area (Å²) >= 11 is 12.2. The number of halogens is 2. The predicted molar refractivity (Wildman–Crippen MR) is 120 cm³/mol. The maximum Gasteiger partial charge on any atom is 0.344 e. The molecule has 0 radical (unpaired) electrons. The zero-order valence-electron chi connectivity index (χ0n) is 16.9. The zero-order valence-corrected chi connectivity index (χ0v) is 18.5. The van der Waals surface area contributed by atoms with Gasteiger partial charge < -0.3 is 9.30 Å². The van der Waals surface area contributed by atoms with Gasteiger partial charge in [0.15, 0.2) is 0 Å². The number of methoxy groups -OCH3 is 1. The number of pyridine rings is 1. The van der Waals surface area contributed by atoms with Gasteiger partial charge in [-0.3, -0.25) is 14.9 Å². The van der Waals surface area contributed by atoms with Gasteiger partial charge >= 0.3 is 5.97 Å². The molecule has 0 spiro atoms. The molecule has 0 amide bonds. The quantitative estimate of drug-likeness (QED) is 0.284. The van der Waals surface area contributed by atoms with E-state index in [4.69, 9.17) is 27.9 Å². The Morgan fingerprint density at radius 1 is 1.10 bits per heavy atom. The molecule has 0 fully saturated rings. The molecule has 0 bridgehead atoms. The Hall–Kier alpha value is -3.16. The first kappa shape index (κ1) is 22.5. The van der Waals surface area contributed by atoms with Crippen molar-refractivity contribution in [2.24, 2.45) is 0 Å². The molecule has 0 unspecified atom stereocenters. The van der Waals surface area contributed by atoms with Crippen molar-refractivity contribution in [1.82, 2.24) is 4.57 Å². The highest BCUT2D eigenvalue weighted by molar-refractivity contribution is 6.42. The first-order valence-corrected chi connectivity index (χ1v) is 10.0. The van der Waals surface area contributed by atoms with E-state index in [-0.39, 0.29) is 21.8 Å². The number of carbonyl (C=O) groups is 1. The number of hydrogen-bond donors (Lipinski definition) is 0. The number of esters is 1. The van der Waals surface area contributed by atoms with Gasteiger partial charge in [-0.05, 0) is 43.7 Å². The standard InChI is InChI=1S/C22H18Cl2N2O5/c1-4-25-12(2)18(13-5-8-15(9-6-13)26(29)30)21(27)19(22(28)31-3)20(25)14-7-10-16(23)17(24)11-14/h5-11H,4H2,1-3H3. The molecular weight excluding hydrogens is 443 g/mol. The van der Waals surface area contributed by atoms with Crippen LogP contribution in [0.3, 0.4) is 0 Å². The number of hydrogen-bond acceptors (Lipinski definition) is 5. The van der Waals surface area contributed by atoms with Gasteiger partial charge in [-0.15, -0.1) is 0 Å². The third-order valence-electron chi connectivity index (χ3n) is 4.99. The summed E-state index contributed by atoms with van der Waals surface area (Å²) in [5, 5.41) is 11.6. The molecule has 0 aliphatic heterocycles. The lowest BCUT2D eigenvalue weighted by atomic mass is 9.96. The summed E-state index contributed by atoms with van der Waals surface area (Å²) in [4.78, 5) is 36.7. The highest BCUT2D eigenvalue weighted by Crippen LogP contribution is 2.33. The maximum absolute atomic E-state index is 13.5. The third kappa shape index (κ3) is 4.06. The fraction of sp³-hybridized carbons (Fsp3) is 0.182. The summed E-state index contributed by atoms with van der Waals surface area (Å²) < 4.78 is 6.72. The van der Waals surface area contributed by atoms with E-state index in [9.17, 15) is 19.7 Å². The molecule has 3 rings (SSSR count). The Morgan fingerprint density at radius 2 is 1.71 bits per heavy atom. The Balaban J connectivity index is 2.41. The van der Waals surface area contributed by atoms with Crippen molar-refractivity contribution < 1.29 is 14.5 Å². The van der Waals surface area contributed by atoms with Gasteiger partial charge in [0, 0.05) is 35.5 Å². The highest BCUT2D eigenvalue weighted by atomic mass is 35.5. The van der Waals surface area contributed by atoms with Gasteiger partial charge in [-0.1, -0.05) is 29.3 Å². The minimum absolute atomic E-state index is 0.0992. The van der Waals surface area contributed by atoms with Crippen LogP contribution < -0.4 is 5.43 Å². The van der Waals surface area contributed by atoms with E-state index in [2.05, 4.69) is 0 Å². The van der Waals surface area contributed by atoms with Crippen molar-refractivity contribution in [3.63, 3.8) is 0 Å². The number of ether oxygens (including phenoxy) is 1. The van der Waals surface area contributed by atoms with E-state index < -0.39 is 16.3 Å². The van der Waals surface area contributed by atoms with Crippen LogP contribution in [0.25, 0.3) is 22.4 Å². The molecule has 2 aromatic carbocycles. The van der Waals surface area contributed by atoms with Gasteiger partial charge in [-0.2, -0.15) is 0 Å². The smallest absolute Gasteiger partial charge is 0.344 e. The molecule has 31 heavy (non-hydrogen) atoms. The van der Waals surface area contributed by atoms with Crippen LogP contribution in [0, 0.1) is 17.0 Å². The molecular formula is C22H18Cl2N2O5. The van der Waals surface area contributed by atoms with Crippen molar-refractivity contribution >= 4 is 34.9 Å². The van der Waals surface area contributed by atoms with Crippen LogP contribution in [0.4, 0.5) is 5.69 Å². The largest absolute Gasteiger partial charge is 0.465 e. The second-order valence-electron chi connectivity index (χ2n) is 6.68. The van der Waals surface area contributed by atoms with Crippen LogP contribution in [0.5, 0.6) is 0 Å². The summed E-state index contributed by atoms with van der Waals surface area (Å²) in [6.45, 7) is 4.06. The van der Waals surface area contributed by atoms with E-state index in [1.54, 1.807) is 25.1 Å². The van der Waals surface area contributed by atoms with Crippen molar-refractivity contribution in [3.05, 3.63) is 84.1 Å². The molecule has 0 atom stereocenters. The zero-order chi connectivity index (χ0) is 22.9.